The highest BCUT2D eigenvalue weighted by Gasteiger charge is 2.26. The fourth-order valence-corrected chi connectivity index (χ4v) is 8.43. The number of hydrogen-bond acceptors (Lipinski definition) is 6. The minimum Gasteiger partial charge on any atom is -0.455 e. The summed E-state index contributed by atoms with van der Waals surface area (Å²) in [7, 11) is 0. The molecule has 6 nitrogen and oxygen atoms in total. The third-order valence-electron chi connectivity index (χ3n) is 10.9. The van der Waals surface area contributed by atoms with Gasteiger partial charge < -0.3 is 8.83 Å². The fraction of sp³-hybridized carbons (Fsp3) is 0. The van der Waals surface area contributed by atoms with E-state index in [0.29, 0.717) is 17.5 Å². The standard InChI is InChI=1S/C50H28N4O2/c1-3-15-29(16-4-1)48-52-49(30-17-5-2-6-18-30)54-50(53-48)42-34-22-9-7-20-32(34)41(33-21-8-10-23-35(33)42)45-43-37-24-12-14-26-40(37)55-46(43)38-28-27-36-31-19-11-13-25-39(31)56-47(36)44(38)51-45/h1-28H. The molecule has 56 heavy (non-hydrogen) atoms. The molecule has 0 aliphatic rings. The molecule has 0 aliphatic heterocycles. The minimum atomic E-state index is 0.603. The third kappa shape index (κ3) is 4.50. The first kappa shape index (κ1) is 30.7. The highest BCUT2D eigenvalue weighted by Crippen LogP contribution is 2.48. The lowest BCUT2D eigenvalue weighted by Gasteiger charge is -2.18. The van der Waals surface area contributed by atoms with Gasteiger partial charge in [-0.1, -0.05) is 146 Å². The molecule has 6 heteroatoms. The Morgan fingerprint density at radius 1 is 0.304 bits per heavy atom. The second-order valence-electron chi connectivity index (χ2n) is 14.1. The largest absolute Gasteiger partial charge is 0.455 e. The zero-order valence-corrected chi connectivity index (χ0v) is 29.8. The van der Waals surface area contributed by atoms with Crippen LogP contribution in [0.5, 0.6) is 0 Å². The molecule has 0 N–H and O–H groups in total. The van der Waals surface area contributed by atoms with Crippen LogP contribution >= 0.6 is 0 Å². The Morgan fingerprint density at radius 2 is 0.750 bits per heavy atom. The molecule has 4 aromatic heterocycles. The molecular weight excluding hydrogens is 689 g/mol. The quantitative estimate of drug-likeness (QED) is 0.169. The molecule has 0 aliphatic carbocycles. The van der Waals surface area contributed by atoms with E-state index < -0.39 is 0 Å². The number of benzene rings is 8. The van der Waals surface area contributed by atoms with Crippen molar-refractivity contribution in [1.82, 2.24) is 19.9 Å². The van der Waals surface area contributed by atoms with Gasteiger partial charge in [0.1, 0.15) is 22.3 Å². The monoisotopic (exact) mass is 716 g/mol. The molecule has 12 aromatic rings. The maximum Gasteiger partial charge on any atom is 0.165 e. The Kier molecular flexibility index (Phi) is 6.53. The summed E-state index contributed by atoms with van der Waals surface area (Å²) in [6.45, 7) is 0. The predicted molar refractivity (Wildman–Crippen MR) is 226 cm³/mol. The number of para-hydroxylation sites is 2. The van der Waals surface area contributed by atoms with Crippen molar-refractivity contribution < 1.29 is 8.83 Å². The maximum absolute atomic E-state index is 6.77. The molecule has 0 atom stereocenters. The van der Waals surface area contributed by atoms with Crippen LogP contribution in [0.2, 0.25) is 0 Å². The molecule has 0 saturated carbocycles. The molecule has 0 spiro atoms. The number of furan rings is 2. The minimum absolute atomic E-state index is 0.603. The van der Waals surface area contributed by atoms with E-state index in [1.54, 1.807) is 0 Å². The summed E-state index contributed by atoms with van der Waals surface area (Å²) in [5.74, 6) is 1.83. The highest BCUT2D eigenvalue weighted by atomic mass is 16.3. The van der Waals surface area contributed by atoms with Gasteiger partial charge in [-0.05, 0) is 45.8 Å². The van der Waals surface area contributed by atoms with Gasteiger partial charge in [-0.3, -0.25) is 0 Å². The lowest BCUT2D eigenvalue weighted by Crippen LogP contribution is -2.02. The average Bonchev–Trinajstić information content (AvgIpc) is 3.85. The lowest BCUT2D eigenvalue weighted by atomic mass is 9.88. The first-order chi connectivity index (χ1) is 27.8. The molecule has 8 aromatic carbocycles. The number of nitrogens with zero attached hydrogens (tertiary/aromatic N) is 4. The summed E-state index contributed by atoms with van der Waals surface area (Å²) in [4.78, 5) is 21.1. The van der Waals surface area contributed by atoms with Crippen molar-refractivity contribution in [1.29, 1.82) is 0 Å². The van der Waals surface area contributed by atoms with E-state index in [1.807, 2.05) is 91.0 Å². The van der Waals surface area contributed by atoms with Crippen molar-refractivity contribution in [3.63, 3.8) is 0 Å². The fourth-order valence-electron chi connectivity index (χ4n) is 8.43. The molecule has 0 saturated heterocycles. The number of aromatic nitrogens is 4. The van der Waals surface area contributed by atoms with Crippen LogP contribution in [0.15, 0.2) is 179 Å². The predicted octanol–water partition coefficient (Wildman–Crippen LogP) is 13.2. The Hall–Kier alpha value is -7.70. The molecule has 260 valence electrons. The van der Waals surface area contributed by atoms with Crippen molar-refractivity contribution in [3.05, 3.63) is 170 Å². The Bertz CT molecular complexity index is 3420. The molecule has 0 bridgehead atoms. The van der Waals surface area contributed by atoms with Crippen LogP contribution in [0.4, 0.5) is 0 Å². The summed E-state index contributed by atoms with van der Waals surface area (Å²) in [6, 6.07) is 57.9. The van der Waals surface area contributed by atoms with E-state index in [4.69, 9.17) is 28.8 Å². The first-order valence-electron chi connectivity index (χ1n) is 18.6. The van der Waals surface area contributed by atoms with E-state index in [1.165, 1.54) is 0 Å². The normalized spacial score (nSPS) is 11.9. The van der Waals surface area contributed by atoms with E-state index >= 15 is 0 Å². The van der Waals surface area contributed by atoms with Crippen LogP contribution in [0.25, 0.3) is 122 Å². The first-order valence-corrected chi connectivity index (χ1v) is 18.6. The molecule has 0 radical (unpaired) electrons. The highest BCUT2D eigenvalue weighted by molar-refractivity contribution is 6.29. The molecule has 0 amide bonds. The van der Waals surface area contributed by atoms with Gasteiger partial charge in [0.05, 0.1) is 11.1 Å². The van der Waals surface area contributed by atoms with Crippen LogP contribution in [0.1, 0.15) is 0 Å². The summed E-state index contributed by atoms with van der Waals surface area (Å²) < 4.78 is 13.4. The zero-order valence-electron chi connectivity index (χ0n) is 29.8. The number of pyridine rings is 1. The second-order valence-corrected chi connectivity index (χ2v) is 14.1. The topological polar surface area (TPSA) is 77.8 Å². The van der Waals surface area contributed by atoms with Crippen molar-refractivity contribution in [2.24, 2.45) is 0 Å². The van der Waals surface area contributed by atoms with Gasteiger partial charge in [-0.15, -0.1) is 0 Å². The van der Waals surface area contributed by atoms with Crippen LogP contribution in [-0.4, -0.2) is 19.9 Å². The van der Waals surface area contributed by atoms with Gasteiger partial charge >= 0.3 is 0 Å². The summed E-state index contributed by atoms with van der Waals surface area (Å²) in [5, 5.41) is 9.02. The van der Waals surface area contributed by atoms with Crippen LogP contribution in [0, 0.1) is 0 Å². The van der Waals surface area contributed by atoms with Gasteiger partial charge in [0.2, 0.25) is 0 Å². The van der Waals surface area contributed by atoms with Gasteiger partial charge in [0.25, 0.3) is 0 Å². The zero-order chi connectivity index (χ0) is 36.7. The SMILES string of the molecule is c1ccc(-c2nc(-c3ccccc3)nc(-c3c4ccccc4c(-c4nc5c(ccc6c7ccccc7oc65)c5oc6ccccc6c45)c4ccccc34)n2)cc1. The average molecular weight is 717 g/mol. The number of fused-ring (bicyclic) bond motifs is 11. The smallest absolute Gasteiger partial charge is 0.165 e. The van der Waals surface area contributed by atoms with E-state index in [0.717, 1.165) is 104 Å². The summed E-state index contributed by atoms with van der Waals surface area (Å²) in [5.41, 5.74) is 8.52. The molecular formula is C50H28N4O2. The van der Waals surface area contributed by atoms with Crippen LogP contribution < -0.4 is 0 Å². The Balaban J connectivity index is 1.23. The van der Waals surface area contributed by atoms with Crippen molar-refractivity contribution in [3.8, 4) is 45.4 Å². The number of hydrogen-bond donors (Lipinski definition) is 0. The molecule has 4 heterocycles. The maximum atomic E-state index is 6.77. The van der Waals surface area contributed by atoms with E-state index in [2.05, 4.69) is 78.9 Å². The Labute approximate surface area is 319 Å². The number of rotatable bonds is 4. The summed E-state index contributed by atoms with van der Waals surface area (Å²) >= 11 is 0. The van der Waals surface area contributed by atoms with E-state index in [-0.39, 0.29) is 0 Å². The third-order valence-corrected chi connectivity index (χ3v) is 10.9. The molecule has 0 unspecified atom stereocenters. The van der Waals surface area contributed by atoms with Crippen molar-refractivity contribution >= 4 is 76.3 Å². The van der Waals surface area contributed by atoms with Gasteiger partial charge in [-0.25, -0.2) is 19.9 Å². The van der Waals surface area contributed by atoms with Gasteiger partial charge in [0.15, 0.2) is 23.1 Å². The van der Waals surface area contributed by atoms with Crippen molar-refractivity contribution in [2.75, 3.05) is 0 Å². The second kappa shape index (κ2) is 11.9. The van der Waals surface area contributed by atoms with Crippen LogP contribution in [0.3, 0.4) is 0 Å². The Morgan fingerprint density at radius 3 is 1.36 bits per heavy atom. The lowest BCUT2D eigenvalue weighted by molar-refractivity contribution is 0.668. The van der Waals surface area contributed by atoms with Crippen LogP contribution in [-0.2, 0) is 0 Å². The van der Waals surface area contributed by atoms with Gasteiger partial charge in [0, 0.05) is 43.8 Å². The molecule has 0 fully saturated rings. The summed E-state index contributed by atoms with van der Waals surface area (Å²) in [6.07, 6.45) is 0. The van der Waals surface area contributed by atoms with Crippen molar-refractivity contribution in [2.45, 2.75) is 0 Å². The molecule has 12 rings (SSSR count). The van der Waals surface area contributed by atoms with Gasteiger partial charge in [-0.2, -0.15) is 0 Å². The van der Waals surface area contributed by atoms with E-state index in [9.17, 15) is 0 Å².